The van der Waals surface area contributed by atoms with E-state index in [1.807, 2.05) is 6.92 Å². The Morgan fingerprint density at radius 1 is 1.48 bits per heavy atom. The van der Waals surface area contributed by atoms with E-state index in [2.05, 4.69) is 5.32 Å². The van der Waals surface area contributed by atoms with Crippen molar-refractivity contribution in [2.75, 3.05) is 31.6 Å². The van der Waals surface area contributed by atoms with Crippen LogP contribution in [-0.2, 0) is 15.7 Å². The van der Waals surface area contributed by atoms with Gasteiger partial charge in [0.15, 0.2) is 0 Å². The smallest absolute Gasteiger partial charge is 0.377 e. The van der Waals surface area contributed by atoms with Crippen LogP contribution in [0.25, 0.3) is 0 Å². The zero-order valence-electron chi connectivity index (χ0n) is 11.6. The van der Waals surface area contributed by atoms with Crippen LogP contribution in [0, 0.1) is 0 Å². The van der Waals surface area contributed by atoms with Gasteiger partial charge in [0.05, 0.1) is 31.4 Å². The molecule has 7 heteroatoms. The van der Waals surface area contributed by atoms with Crippen LogP contribution in [-0.4, -0.2) is 43.2 Å². The molecule has 1 unspecified atom stereocenters. The van der Waals surface area contributed by atoms with E-state index in [4.69, 9.17) is 4.74 Å². The average molecular weight is 302 g/mol. The monoisotopic (exact) mass is 302 g/mol. The van der Waals surface area contributed by atoms with Gasteiger partial charge >= 0.3 is 6.18 Å². The molecule has 0 radical (unpaired) electrons. The molecule has 1 N–H and O–H groups in total. The summed E-state index contributed by atoms with van der Waals surface area (Å²) in [5.41, 5.74) is -0.459. The first kappa shape index (κ1) is 15.6. The van der Waals surface area contributed by atoms with Crippen molar-refractivity contribution >= 4 is 11.6 Å². The normalized spacial score (nSPS) is 19.4. The third-order valence-corrected chi connectivity index (χ3v) is 3.32. The molecule has 1 saturated heterocycles. The number of nitrogens with one attached hydrogen (secondary N) is 1. The zero-order valence-corrected chi connectivity index (χ0v) is 11.6. The lowest BCUT2D eigenvalue weighted by atomic mass is 10.2. The molecule has 0 aromatic heterocycles. The molecule has 1 aliphatic rings. The maximum absolute atomic E-state index is 12.6. The minimum absolute atomic E-state index is 0.0189. The Bertz CT molecular complexity index is 505. The van der Waals surface area contributed by atoms with E-state index in [-0.39, 0.29) is 24.2 Å². The molecule has 2 rings (SSSR count). The third-order valence-electron chi connectivity index (χ3n) is 3.32. The Hall–Kier alpha value is -1.76. The number of ether oxygens (including phenoxy) is 1. The van der Waals surface area contributed by atoms with Gasteiger partial charge in [-0.3, -0.25) is 4.79 Å². The van der Waals surface area contributed by atoms with E-state index in [1.165, 1.54) is 12.1 Å². The lowest BCUT2D eigenvalue weighted by Gasteiger charge is -2.33. The van der Waals surface area contributed by atoms with Gasteiger partial charge in [0, 0.05) is 12.2 Å². The number of anilines is 1. The van der Waals surface area contributed by atoms with E-state index in [0.717, 1.165) is 12.1 Å². The number of carbonyl (C=O) groups excluding carboxylic acids is 1. The first-order chi connectivity index (χ1) is 9.88. The molecule has 1 heterocycles. The van der Waals surface area contributed by atoms with Crippen molar-refractivity contribution in [2.24, 2.45) is 0 Å². The van der Waals surface area contributed by atoms with Crippen molar-refractivity contribution in [3.8, 4) is 0 Å². The molecule has 4 nitrogen and oxygen atoms in total. The Balaban J connectivity index is 1.95. The predicted molar refractivity (Wildman–Crippen MR) is 71.9 cm³/mol. The van der Waals surface area contributed by atoms with Gasteiger partial charge in [0.1, 0.15) is 0 Å². The summed E-state index contributed by atoms with van der Waals surface area (Å²) in [7, 11) is 0. The first-order valence-corrected chi connectivity index (χ1v) is 6.66. The molecule has 0 bridgehead atoms. The minimum Gasteiger partial charge on any atom is -0.377 e. The van der Waals surface area contributed by atoms with Crippen molar-refractivity contribution in [1.82, 2.24) is 4.90 Å². The number of benzene rings is 1. The number of carbonyl (C=O) groups is 1. The summed E-state index contributed by atoms with van der Waals surface area (Å²) >= 11 is 0. The second-order valence-electron chi connectivity index (χ2n) is 4.94. The SMILES string of the molecule is CC1COCCN1C(=O)CNc1cccc(C(F)(F)F)c1. The molecule has 21 heavy (non-hydrogen) atoms. The highest BCUT2D eigenvalue weighted by atomic mass is 19.4. The fraction of sp³-hybridized carbons (Fsp3) is 0.500. The summed E-state index contributed by atoms with van der Waals surface area (Å²) in [5, 5.41) is 2.74. The summed E-state index contributed by atoms with van der Waals surface area (Å²) in [6.45, 7) is 3.31. The van der Waals surface area contributed by atoms with Crippen molar-refractivity contribution in [1.29, 1.82) is 0 Å². The molecule has 0 aliphatic carbocycles. The predicted octanol–water partition coefficient (Wildman–Crippen LogP) is 2.36. The van der Waals surface area contributed by atoms with Gasteiger partial charge in [-0.25, -0.2) is 0 Å². The summed E-state index contributed by atoms with van der Waals surface area (Å²) in [6.07, 6.45) is -4.39. The minimum atomic E-state index is -4.39. The van der Waals surface area contributed by atoms with Crippen molar-refractivity contribution in [2.45, 2.75) is 19.1 Å². The van der Waals surface area contributed by atoms with Crippen LogP contribution in [0.3, 0.4) is 0 Å². The molecule has 1 aromatic carbocycles. The van der Waals surface area contributed by atoms with Crippen LogP contribution in [0.2, 0.25) is 0 Å². The van der Waals surface area contributed by atoms with Crippen LogP contribution in [0.4, 0.5) is 18.9 Å². The molecular formula is C14H17F3N2O2. The molecule has 1 fully saturated rings. The largest absolute Gasteiger partial charge is 0.416 e. The Labute approximate surface area is 120 Å². The topological polar surface area (TPSA) is 41.6 Å². The molecule has 116 valence electrons. The van der Waals surface area contributed by atoms with Gasteiger partial charge in [-0.2, -0.15) is 13.2 Å². The van der Waals surface area contributed by atoms with Gasteiger partial charge < -0.3 is 15.0 Å². The van der Waals surface area contributed by atoms with E-state index >= 15 is 0 Å². The Morgan fingerprint density at radius 2 is 2.24 bits per heavy atom. The van der Waals surface area contributed by atoms with Crippen molar-refractivity contribution in [3.63, 3.8) is 0 Å². The van der Waals surface area contributed by atoms with Crippen molar-refractivity contribution in [3.05, 3.63) is 29.8 Å². The zero-order chi connectivity index (χ0) is 15.5. The second-order valence-corrected chi connectivity index (χ2v) is 4.94. The lowest BCUT2D eigenvalue weighted by Crippen LogP contribution is -2.49. The number of amides is 1. The first-order valence-electron chi connectivity index (χ1n) is 6.66. The fourth-order valence-electron chi connectivity index (χ4n) is 2.18. The maximum atomic E-state index is 12.6. The van der Waals surface area contributed by atoms with E-state index in [0.29, 0.717) is 19.8 Å². The molecule has 1 aliphatic heterocycles. The molecule has 1 amide bonds. The van der Waals surface area contributed by atoms with Gasteiger partial charge in [-0.1, -0.05) is 6.07 Å². The van der Waals surface area contributed by atoms with E-state index in [1.54, 1.807) is 4.90 Å². The second kappa shape index (κ2) is 6.34. The molecule has 1 atom stereocenters. The van der Waals surface area contributed by atoms with Gasteiger partial charge in [0.2, 0.25) is 5.91 Å². The fourth-order valence-corrected chi connectivity index (χ4v) is 2.18. The van der Waals surface area contributed by atoms with Crippen LogP contribution < -0.4 is 5.32 Å². The molecular weight excluding hydrogens is 285 g/mol. The quantitative estimate of drug-likeness (QED) is 0.932. The number of nitrogens with zero attached hydrogens (tertiary/aromatic N) is 1. The Morgan fingerprint density at radius 3 is 2.90 bits per heavy atom. The lowest BCUT2D eigenvalue weighted by molar-refractivity contribution is -0.137. The van der Waals surface area contributed by atoms with Crippen LogP contribution in [0.5, 0.6) is 0 Å². The van der Waals surface area contributed by atoms with Crippen LogP contribution in [0.1, 0.15) is 12.5 Å². The highest BCUT2D eigenvalue weighted by molar-refractivity contribution is 5.81. The number of rotatable bonds is 3. The summed E-state index contributed by atoms with van der Waals surface area (Å²) in [6, 6.07) is 4.79. The van der Waals surface area contributed by atoms with Gasteiger partial charge in [-0.15, -0.1) is 0 Å². The highest BCUT2D eigenvalue weighted by Crippen LogP contribution is 2.30. The average Bonchev–Trinajstić information content (AvgIpc) is 2.45. The number of morpholine rings is 1. The summed E-state index contributed by atoms with van der Waals surface area (Å²) in [4.78, 5) is 13.7. The Kier molecular flexibility index (Phi) is 4.72. The van der Waals surface area contributed by atoms with E-state index < -0.39 is 11.7 Å². The van der Waals surface area contributed by atoms with Gasteiger partial charge in [0.25, 0.3) is 0 Å². The van der Waals surface area contributed by atoms with E-state index in [9.17, 15) is 18.0 Å². The standard InChI is InChI=1S/C14H17F3N2O2/c1-10-9-21-6-5-19(10)13(20)8-18-12-4-2-3-11(7-12)14(15,16)17/h2-4,7,10,18H,5-6,8-9H2,1H3. The van der Waals surface area contributed by atoms with Crippen LogP contribution >= 0.6 is 0 Å². The number of alkyl halides is 3. The molecule has 1 aromatic rings. The number of hydrogen-bond acceptors (Lipinski definition) is 3. The molecule has 0 saturated carbocycles. The van der Waals surface area contributed by atoms with Gasteiger partial charge in [-0.05, 0) is 25.1 Å². The maximum Gasteiger partial charge on any atom is 0.416 e. The van der Waals surface area contributed by atoms with Crippen molar-refractivity contribution < 1.29 is 22.7 Å². The highest BCUT2D eigenvalue weighted by Gasteiger charge is 2.30. The third kappa shape index (κ3) is 4.10. The molecule has 0 spiro atoms. The summed E-state index contributed by atoms with van der Waals surface area (Å²) < 4.78 is 43.0. The van der Waals surface area contributed by atoms with Crippen LogP contribution in [0.15, 0.2) is 24.3 Å². The number of halogens is 3. The number of hydrogen-bond donors (Lipinski definition) is 1. The summed E-state index contributed by atoms with van der Waals surface area (Å²) in [5.74, 6) is -0.150.